The van der Waals surface area contributed by atoms with Crippen LogP contribution in [0.25, 0.3) is 0 Å². The van der Waals surface area contributed by atoms with E-state index in [1.807, 2.05) is 0 Å². The van der Waals surface area contributed by atoms with Crippen molar-refractivity contribution >= 4 is 11.9 Å². The van der Waals surface area contributed by atoms with Crippen molar-refractivity contribution < 1.29 is 109 Å². The van der Waals surface area contributed by atoms with E-state index < -0.39 is 159 Å². The molecule has 4 aliphatic heterocycles. The van der Waals surface area contributed by atoms with E-state index in [-0.39, 0.29) is 39.4 Å². The van der Waals surface area contributed by atoms with Crippen LogP contribution in [0.2, 0.25) is 0 Å². The lowest BCUT2D eigenvalue weighted by molar-refractivity contribution is -0.370. The third-order valence-electron chi connectivity index (χ3n) is 20.7. The number of carbonyl (C=O) groups is 2. The van der Waals surface area contributed by atoms with Gasteiger partial charge in [-0.15, -0.1) is 0 Å². The van der Waals surface area contributed by atoms with E-state index in [0.29, 0.717) is 32.1 Å². The molecule has 8 fully saturated rings. The smallest absolute Gasteiger partial charge is 0.335 e. The van der Waals surface area contributed by atoms with Gasteiger partial charge in [0.1, 0.15) is 72.7 Å². The molecule has 12 N–H and O–H groups in total. The van der Waals surface area contributed by atoms with Gasteiger partial charge in [-0.3, -0.25) is 4.79 Å². The van der Waals surface area contributed by atoms with Gasteiger partial charge in [-0.05, 0) is 109 Å². The van der Waals surface area contributed by atoms with Gasteiger partial charge in [-0.2, -0.15) is 0 Å². The van der Waals surface area contributed by atoms with Gasteiger partial charge in [0, 0.05) is 0 Å². The number of aliphatic hydroxyl groups is 11. The highest BCUT2D eigenvalue weighted by Crippen LogP contribution is 2.76. The highest BCUT2D eigenvalue weighted by Gasteiger charge is 2.70. The number of carboxylic acid groups (broad SMARTS) is 1. The zero-order chi connectivity index (χ0) is 54.0. The molecule has 4 saturated carbocycles. The van der Waals surface area contributed by atoms with Crippen LogP contribution in [0, 0.1) is 50.2 Å². The van der Waals surface area contributed by atoms with Crippen molar-refractivity contribution in [3.63, 3.8) is 0 Å². The van der Waals surface area contributed by atoms with Crippen LogP contribution in [-0.4, -0.2) is 210 Å². The minimum atomic E-state index is -2.16. The molecule has 0 spiro atoms. The van der Waals surface area contributed by atoms with Crippen LogP contribution >= 0.6 is 0 Å². The summed E-state index contributed by atoms with van der Waals surface area (Å²) in [7, 11) is 0. The highest BCUT2D eigenvalue weighted by molar-refractivity contribution is 5.79. The fraction of sp³-hybridized carbons (Fsp3) is 0.923. The Morgan fingerprint density at radius 1 is 0.689 bits per heavy atom. The number of hydrogen-bond acceptors (Lipinski definition) is 21. The Morgan fingerprint density at radius 2 is 1.36 bits per heavy atom. The van der Waals surface area contributed by atoms with Gasteiger partial charge >= 0.3 is 11.9 Å². The van der Waals surface area contributed by atoms with Gasteiger partial charge in [0.25, 0.3) is 0 Å². The summed E-state index contributed by atoms with van der Waals surface area (Å²) in [5.41, 5.74) is -3.36. The average Bonchev–Trinajstić information content (AvgIpc) is 3.63. The molecule has 4 heterocycles. The first-order valence-electron chi connectivity index (χ1n) is 26.6. The molecule has 22 heteroatoms. The molecular weight excluding hydrogens is 977 g/mol. The largest absolute Gasteiger partial charge is 0.479 e. The highest BCUT2D eigenvalue weighted by atomic mass is 16.8. The molecule has 22 nitrogen and oxygen atoms in total. The molecule has 74 heavy (non-hydrogen) atoms. The minimum absolute atomic E-state index is 0.0548. The van der Waals surface area contributed by atoms with Crippen LogP contribution in [0.1, 0.15) is 113 Å². The Labute approximate surface area is 430 Å². The second-order valence-corrected chi connectivity index (χ2v) is 25.6. The SMILES string of the molecule is CC1(C)CC[C@]2(C(=O)O[C@@H]3O[C@H](CO)[C@@H](O)[C@H](O)[C@H]3O)CC[C@]3(C)C(=CCC4[C@@]5(C)CC[C@@H](O[C@@H]6O[C@H](C(=O)O)[C@@H](O[C@@H]7OC[C@@H](O)[C@H](O)[C@H]7O)[C@H](O[C@@H]7OC[C@](O)(CO)[C@H]7O)[C@H]6O)C(C)(C)C5CC[C@]43C)C2C1. The standard InChI is InChI=1S/C52H82O22/c1-46(2)14-16-51(45(65)74-42-34(60)32(58)31(57)26(19-53)69-42)17-15-49(6)23(24(51)18-46)8-9-28-48(5)12-11-29(47(3,4)27(48)10-13-50(28,49)7)70-43-35(61)36(71-44-39(62)52(66,21-54)22-68-44)37(38(73-43)40(63)64)72-41-33(59)30(56)25(55)20-67-41/h8,24-39,41-44,53-62,66H,9-22H2,1-7H3,(H,63,64)/t24?,25-,26-,27?,28?,29-,30+,31-,32+,33-,34-,35-,36-,37+,38+,39+,41+,42+,43-,44+,48+,49-,50-,51+,52-/m1/s1. The first kappa shape index (κ1) is 56.7. The number of carboxylic acids is 1. The number of ether oxygens (including phenoxy) is 8. The lowest BCUT2D eigenvalue weighted by atomic mass is 9.33. The van der Waals surface area contributed by atoms with Gasteiger partial charge < -0.3 is 99.2 Å². The lowest BCUT2D eigenvalue weighted by Gasteiger charge is -2.71. The molecule has 0 radical (unpaired) electrons. The molecule has 0 bridgehead atoms. The van der Waals surface area contributed by atoms with E-state index in [9.17, 15) is 70.9 Å². The summed E-state index contributed by atoms with van der Waals surface area (Å²) in [5.74, 6) is -2.06. The molecule has 5 aliphatic carbocycles. The summed E-state index contributed by atoms with van der Waals surface area (Å²) in [6.07, 6.45) is -18.8. The fourth-order valence-electron chi connectivity index (χ4n) is 15.9. The number of allylic oxidation sites excluding steroid dienone is 2. The predicted octanol–water partition coefficient (Wildman–Crippen LogP) is -0.663. The van der Waals surface area contributed by atoms with E-state index in [1.54, 1.807) is 0 Å². The lowest BCUT2D eigenvalue weighted by Crippen LogP contribution is -2.67. The summed E-state index contributed by atoms with van der Waals surface area (Å²) in [6, 6.07) is 0. The number of rotatable bonds is 11. The van der Waals surface area contributed by atoms with Crippen molar-refractivity contribution in [2.24, 2.45) is 50.2 Å². The Kier molecular flexibility index (Phi) is 15.3. The maximum absolute atomic E-state index is 14.7. The summed E-state index contributed by atoms with van der Waals surface area (Å²) in [5, 5.41) is 127. The Balaban J connectivity index is 0.964. The normalized spacial score (nSPS) is 52.9. The Bertz CT molecular complexity index is 2110. The minimum Gasteiger partial charge on any atom is -0.479 e. The van der Waals surface area contributed by atoms with Crippen LogP contribution < -0.4 is 0 Å². The number of fused-ring (bicyclic) bond motifs is 7. The zero-order valence-corrected chi connectivity index (χ0v) is 43.5. The van der Waals surface area contributed by atoms with Crippen molar-refractivity contribution in [1.29, 1.82) is 0 Å². The topological polar surface area (TPSA) is 351 Å². The molecule has 3 unspecified atom stereocenters. The molecule has 9 rings (SSSR count). The van der Waals surface area contributed by atoms with Crippen molar-refractivity contribution in [2.75, 3.05) is 26.4 Å². The maximum atomic E-state index is 14.7. The van der Waals surface area contributed by atoms with Crippen molar-refractivity contribution in [3.8, 4) is 0 Å². The van der Waals surface area contributed by atoms with E-state index in [1.165, 1.54) is 5.57 Å². The van der Waals surface area contributed by atoms with Gasteiger partial charge in [-0.1, -0.05) is 60.1 Å². The van der Waals surface area contributed by atoms with Crippen molar-refractivity contribution in [2.45, 2.75) is 223 Å². The number of aliphatic carboxylic acids is 1. The van der Waals surface area contributed by atoms with E-state index >= 15 is 0 Å². The molecule has 9 aliphatic rings. The fourth-order valence-corrected chi connectivity index (χ4v) is 15.9. The number of esters is 1. The first-order valence-corrected chi connectivity index (χ1v) is 26.6. The average molecular weight is 1060 g/mol. The van der Waals surface area contributed by atoms with Gasteiger partial charge in [0.15, 0.2) is 25.0 Å². The van der Waals surface area contributed by atoms with Crippen LogP contribution in [0.5, 0.6) is 0 Å². The van der Waals surface area contributed by atoms with E-state index in [0.717, 1.165) is 32.1 Å². The molecule has 0 amide bonds. The summed E-state index contributed by atoms with van der Waals surface area (Å²) < 4.78 is 47.3. The molecule has 4 saturated heterocycles. The van der Waals surface area contributed by atoms with Crippen molar-refractivity contribution in [1.82, 2.24) is 0 Å². The molecule has 422 valence electrons. The molecule has 0 aromatic carbocycles. The molecular formula is C52H82O22. The molecule has 0 aromatic heterocycles. The molecule has 0 aromatic rings. The second kappa shape index (κ2) is 19.9. The quantitative estimate of drug-likeness (QED) is 0.0694. The molecule has 25 atom stereocenters. The summed E-state index contributed by atoms with van der Waals surface area (Å²) in [4.78, 5) is 27.8. The van der Waals surface area contributed by atoms with Crippen LogP contribution in [0.3, 0.4) is 0 Å². The van der Waals surface area contributed by atoms with E-state index in [2.05, 4.69) is 54.5 Å². The van der Waals surface area contributed by atoms with E-state index in [4.69, 9.17) is 37.9 Å². The van der Waals surface area contributed by atoms with Crippen LogP contribution in [0.4, 0.5) is 0 Å². The zero-order valence-electron chi connectivity index (χ0n) is 43.5. The predicted molar refractivity (Wildman–Crippen MR) is 251 cm³/mol. The third-order valence-corrected chi connectivity index (χ3v) is 20.7. The first-order chi connectivity index (χ1) is 34.5. The monoisotopic (exact) mass is 1060 g/mol. The van der Waals surface area contributed by atoms with Crippen molar-refractivity contribution in [3.05, 3.63) is 11.6 Å². The third kappa shape index (κ3) is 8.94. The number of hydrogen-bond donors (Lipinski definition) is 12. The number of aliphatic hydroxyl groups excluding tert-OH is 10. The van der Waals surface area contributed by atoms with Crippen LogP contribution in [0.15, 0.2) is 11.6 Å². The summed E-state index contributed by atoms with van der Waals surface area (Å²) in [6.45, 7) is 13.1. The van der Waals surface area contributed by atoms with Gasteiger partial charge in [0.05, 0.1) is 37.9 Å². The summed E-state index contributed by atoms with van der Waals surface area (Å²) >= 11 is 0. The maximum Gasteiger partial charge on any atom is 0.335 e. The number of carbonyl (C=O) groups excluding carboxylic acids is 1. The Hall–Kier alpha value is -2.04. The van der Waals surface area contributed by atoms with Gasteiger partial charge in [-0.25, -0.2) is 4.79 Å². The Morgan fingerprint density at radius 3 is 2.03 bits per heavy atom. The van der Waals surface area contributed by atoms with Crippen LogP contribution in [-0.2, 0) is 47.5 Å². The van der Waals surface area contributed by atoms with Gasteiger partial charge in [0.2, 0.25) is 6.29 Å². The second-order valence-electron chi connectivity index (χ2n) is 25.6.